The van der Waals surface area contributed by atoms with Gasteiger partial charge in [0.1, 0.15) is 30.1 Å². The fourth-order valence-electron chi connectivity index (χ4n) is 2.25. The predicted octanol–water partition coefficient (Wildman–Crippen LogP) is -1.63. The van der Waals surface area contributed by atoms with E-state index in [0.717, 1.165) is 17.2 Å². The second-order valence-corrected chi connectivity index (χ2v) is 9.88. The molecule has 18 nitrogen and oxygen atoms in total. The van der Waals surface area contributed by atoms with Gasteiger partial charge in [0.25, 0.3) is 0 Å². The van der Waals surface area contributed by atoms with Crippen molar-refractivity contribution in [1.82, 2.24) is 19.5 Å². The number of nitrogens with zero attached hydrogens (tertiary/aromatic N) is 4. The molecule has 1 aliphatic heterocycles. The normalized spacial score (nSPS) is 35.5. The Hall–Kier alpha value is -1.36. The summed E-state index contributed by atoms with van der Waals surface area (Å²) < 4.78 is 82.7. The van der Waals surface area contributed by atoms with Crippen molar-refractivity contribution < 1.29 is 66.8 Å². The van der Waals surface area contributed by atoms with Crippen molar-refractivity contribution in [3.8, 4) is 0 Å². The Morgan fingerprint density at radius 2 is 1.84 bits per heavy atom. The standard InChI is InChI=1S/C10H16N5O13P3/c11-8-5-9(13-2-12-8)15(3-14-5)10-7(17)6(16)4(26-10)1-25-30(21,22)28-31(23,24)27-29(18,19)20/h2-4,6-7,10,16-17H,1H2,(H,21,22)(H,23,24)(H2,11,12,13)(H2,18,19,20)/t4-,6-,7-,10-/m1/s1/i1D2,4D,6D. The first-order chi connectivity index (χ1) is 15.6. The Balaban J connectivity index is 1.94. The van der Waals surface area contributed by atoms with Gasteiger partial charge in [-0.2, -0.15) is 8.62 Å². The Bertz CT molecular complexity index is 1290. The third-order valence-electron chi connectivity index (χ3n) is 3.35. The molecule has 0 radical (unpaired) electrons. The number of aliphatic hydroxyl groups excluding tert-OH is 1. The van der Waals surface area contributed by atoms with Crippen molar-refractivity contribution in [2.24, 2.45) is 0 Å². The average Bonchev–Trinajstić information content (AvgIpc) is 3.12. The van der Waals surface area contributed by atoms with Crippen molar-refractivity contribution in [2.45, 2.75) is 24.5 Å². The lowest BCUT2D eigenvalue weighted by Gasteiger charge is -2.19. The first-order valence-corrected chi connectivity index (χ1v) is 12.0. The summed E-state index contributed by atoms with van der Waals surface area (Å²) >= 11 is 0. The molecular formula is C10H16N5O13P3. The number of nitrogen functional groups attached to an aromatic ring is 1. The van der Waals surface area contributed by atoms with Crippen molar-refractivity contribution in [2.75, 3.05) is 12.3 Å². The molecule has 8 N–H and O–H groups in total. The Labute approximate surface area is 177 Å². The molecule has 1 saturated heterocycles. The van der Waals surface area contributed by atoms with Crippen LogP contribution in [-0.4, -0.2) is 74.1 Å². The maximum absolute atomic E-state index is 12.1. The number of phosphoric acid groups is 3. The second-order valence-electron chi connectivity index (χ2n) is 5.53. The Morgan fingerprint density at radius 3 is 2.48 bits per heavy atom. The van der Waals surface area contributed by atoms with Crippen LogP contribution in [0.5, 0.6) is 0 Å². The van der Waals surface area contributed by atoms with Crippen molar-refractivity contribution in [1.29, 1.82) is 0 Å². The van der Waals surface area contributed by atoms with Crippen molar-refractivity contribution in [3.05, 3.63) is 12.7 Å². The van der Waals surface area contributed by atoms with E-state index in [4.69, 9.17) is 25.7 Å². The number of hydrogen-bond donors (Lipinski definition) is 7. The van der Waals surface area contributed by atoms with E-state index in [1.54, 1.807) is 0 Å². The van der Waals surface area contributed by atoms with Gasteiger partial charge in [-0.15, -0.1) is 0 Å². The maximum atomic E-state index is 12.1. The van der Waals surface area contributed by atoms with E-state index >= 15 is 0 Å². The van der Waals surface area contributed by atoms with Gasteiger partial charge in [0, 0.05) is 0 Å². The number of rotatable bonds is 8. The molecule has 2 aromatic heterocycles. The van der Waals surface area contributed by atoms with E-state index in [1.807, 2.05) is 0 Å². The summed E-state index contributed by atoms with van der Waals surface area (Å²) in [5.74, 6) is -0.137. The van der Waals surface area contributed by atoms with Crippen LogP contribution in [0.15, 0.2) is 12.7 Å². The van der Waals surface area contributed by atoms with Crippen LogP contribution in [-0.2, 0) is 31.6 Å². The third-order valence-corrected chi connectivity index (χ3v) is 7.00. The highest BCUT2D eigenvalue weighted by molar-refractivity contribution is 7.66. The monoisotopic (exact) mass is 511 g/mol. The summed E-state index contributed by atoms with van der Waals surface area (Å²) in [6, 6.07) is 0. The van der Waals surface area contributed by atoms with Gasteiger partial charge in [0.15, 0.2) is 17.7 Å². The second kappa shape index (κ2) is 8.53. The van der Waals surface area contributed by atoms with E-state index in [-0.39, 0.29) is 17.0 Å². The number of anilines is 1. The fourth-order valence-corrected chi connectivity index (χ4v) is 5.09. The topological polar surface area (TPSA) is 279 Å². The number of hydrogen-bond acceptors (Lipinski definition) is 13. The van der Waals surface area contributed by atoms with Gasteiger partial charge in [-0.1, -0.05) is 0 Å². The van der Waals surface area contributed by atoms with Crippen LogP contribution in [0.4, 0.5) is 5.82 Å². The molecular weight excluding hydrogens is 491 g/mol. The van der Waals surface area contributed by atoms with Gasteiger partial charge in [-0.25, -0.2) is 28.6 Å². The highest BCUT2D eigenvalue weighted by atomic mass is 31.3. The summed E-state index contributed by atoms with van der Waals surface area (Å²) in [4.78, 5) is 47.2. The van der Waals surface area contributed by atoms with Crippen LogP contribution >= 0.6 is 23.5 Å². The number of aliphatic hydroxyl groups is 2. The molecule has 21 heteroatoms. The van der Waals surface area contributed by atoms with Crippen LogP contribution in [0, 0.1) is 0 Å². The molecule has 0 bridgehead atoms. The van der Waals surface area contributed by atoms with E-state index in [9.17, 15) is 33.7 Å². The highest BCUT2D eigenvalue weighted by Crippen LogP contribution is 2.66. The minimum absolute atomic E-state index is 0.0458. The van der Waals surface area contributed by atoms with Gasteiger partial charge in [0.05, 0.1) is 18.4 Å². The van der Waals surface area contributed by atoms with Gasteiger partial charge >= 0.3 is 23.5 Å². The van der Waals surface area contributed by atoms with Gasteiger partial charge < -0.3 is 40.3 Å². The molecule has 2 aromatic rings. The number of imidazole rings is 1. The highest BCUT2D eigenvalue weighted by Gasteiger charge is 2.47. The molecule has 0 aliphatic carbocycles. The number of ether oxygens (including phenoxy) is 1. The molecule has 1 aliphatic rings. The summed E-state index contributed by atoms with van der Waals surface area (Å²) in [5.41, 5.74) is 5.42. The molecule has 3 heterocycles. The van der Waals surface area contributed by atoms with Crippen LogP contribution in [0.3, 0.4) is 0 Å². The molecule has 1 fully saturated rings. The minimum atomic E-state index is -6.21. The minimum Gasteiger partial charge on any atom is -0.387 e. The molecule has 2 unspecified atom stereocenters. The zero-order valence-electron chi connectivity index (χ0n) is 18.6. The summed E-state index contributed by atoms with van der Waals surface area (Å²) in [6.45, 7) is -4.12. The van der Waals surface area contributed by atoms with Crippen LogP contribution in [0.1, 0.15) is 11.7 Å². The lowest BCUT2D eigenvalue weighted by atomic mass is 10.1. The molecule has 174 valence electrons. The molecule has 0 spiro atoms. The predicted molar refractivity (Wildman–Crippen MR) is 95.5 cm³/mol. The van der Waals surface area contributed by atoms with E-state index in [2.05, 4.69) is 28.1 Å². The number of nitrogens with two attached hydrogens (primary N) is 1. The molecule has 6 atom stereocenters. The van der Waals surface area contributed by atoms with Crippen molar-refractivity contribution >= 4 is 40.4 Å². The zero-order valence-corrected chi connectivity index (χ0v) is 17.2. The number of phosphoric ester groups is 1. The molecule has 0 saturated carbocycles. The summed E-state index contributed by atoms with van der Waals surface area (Å²) in [7, 11) is -18.0. The first-order valence-electron chi connectivity index (χ1n) is 9.48. The Kier molecular flexibility index (Phi) is 5.27. The molecule has 31 heavy (non-hydrogen) atoms. The van der Waals surface area contributed by atoms with Gasteiger partial charge in [0.2, 0.25) is 0 Å². The quantitative estimate of drug-likeness (QED) is 0.196. The number of fused-ring (bicyclic) bond motifs is 1. The lowest BCUT2D eigenvalue weighted by Crippen LogP contribution is -2.33. The molecule has 0 aromatic carbocycles. The third kappa shape index (κ3) is 5.71. The SMILES string of the molecule is [2H]C([2H])(OP(=O)(O)OP(=O)(O)OP(=O)(O)O)[C@@]1([2H])O[C@@H](n2cnc3c(N)ncnc32)[C@H](O)[C@]1([2H])O. The van der Waals surface area contributed by atoms with Crippen molar-refractivity contribution in [3.63, 3.8) is 0 Å². The van der Waals surface area contributed by atoms with E-state index in [1.165, 1.54) is 0 Å². The fraction of sp³-hybridized carbons (Fsp3) is 0.500. The summed E-state index contributed by atoms with van der Waals surface area (Å²) in [6.07, 6.45) is -10.1. The Morgan fingerprint density at radius 1 is 1.16 bits per heavy atom. The molecule has 0 amide bonds. The smallest absolute Gasteiger partial charge is 0.387 e. The van der Waals surface area contributed by atoms with Crippen LogP contribution < -0.4 is 5.73 Å². The van der Waals surface area contributed by atoms with Crippen LogP contribution in [0.25, 0.3) is 11.2 Å². The van der Waals surface area contributed by atoms with E-state index in [0.29, 0.717) is 0 Å². The van der Waals surface area contributed by atoms with E-state index < -0.39 is 54.5 Å². The average molecular weight is 511 g/mol. The van der Waals surface area contributed by atoms with Crippen LogP contribution in [0.2, 0.25) is 0 Å². The maximum Gasteiger partial charge on any atom is 0.490 e. The zero-order chi connectivity index (χ0) is 26.8. The molecule has 3 rings (SSSR count). The number of aromatic nitrogens is 4. The lowest BCUT2D eigenvalue weighted by molar-refractivity contribution is -0.0503. The van der Waals surface area contributed by atoms with Gasteiger partial charge in [-0.3, -0.25) is 9.09 Å². The summed E-state index contributed by atoms with van der Waals surface area (Å²) in [5, 5.41) is 20.9. The first kappa shape index (κ1) is 19.1. The largest absolute Gasteiger partial charge is 0.490 e. The van der Waals surface area contributed by atoms with Gasteiger partial charge in [-0.05, 0) is 0 Å².